The Kier molecular flexibility index (Phi) is 4.38. The normalized spacial score (nSPS) is 25.5. The van der Waals surface area contributed by atoms with Crippen LogP contribution in [0.4, 0.5) is 5.69 Å². The van der Waals surface area contributed by atoms with Gasteiger partial charge < -0.3 is 9.47 Å². The fraction of sp³-hybridized carbons (Fsp3) is 0.286. The molecule has 2 aliphatic rings. The van der Waals surface area contributed by atoms with Gasteiger partial charge >= 0.3 is 5.97 Å². The number of hydrogen-bond donors (Lipinski definition) is 0. The maximum atomic E-state index is 13.5. The van der Waals surface area contributed by atoms with Crippen LogP contribution in [0, 0.1) is 11.8 Å². The summed E-state index contributed by atoms with van der Waals surface area (Å²) < 4.78 is 10.3. The number of rotatable bonds is 5. The number of ether oxygens (including phenoxy) is 2. The average molecular weight is 400 g/mol. The largest absolute Gasteiger partial charge is 0.497 e. The van der Waals surface area contributed by atoms with Crippen LogP contribution in [0.3, 0.4) is 0 Å². The Bertz CT molecular complexity index is 973. The van der Waals surface area contributed by atoms with Gasteiger partial charge in [0.05, 0.1) is 31.2 Å². The van der Waals surface area contributed by atoms with Crippen LogP contribution in [0.25, 0.3) is 0 Å². The Morgan fingerprint density at radius 1 is 1.18 bits per heavy atom. The lowest BCUT2D eigenvalue weighted by atomic mass is 9.91. The summed E-state index contributed by atoms with van der Waals surface area (Å²) in [5.41, 5.74) is -0.252. The molecule has 1 saturated heterocycles. The number of amides is 2. The summed E-state index contributed by atoms with van der Waals surface area (Å²) >= 11 is 5.98. The highest BCUT2D eigenvalue weighted by Crippen LogP contribution is 2.66. The van der Waals surface area contributed by atoms with E-state index in [1.165, 1.54) is 7.11 Å². The van der Waals surface area contributed by atoms with E-state index in [1.54, 1.807) is 55.5 Å². The number of carbonyl (C=O) groups is 3. The third kappa shape index (κ3) is 2.44. The fourth-order valence-corrected chi connectivity index (χ4v) is 4.30. The minimum Gasteiger partial charge on any atom is -0.497 e. The molecule has 7 heteroatoms. The number of anilines is 1. The fourth-order valence-electron chi connectivity index (χ4n) is 4.17. The highest BCUT2D eigenvalue weighted by Gasteiger charge is 2.83. The van der Waals surface area contributed by atoms with Gasteiger partial charge in [0.15, 0.2) is 0 Å². The Morgan fingerprint density at radius 2 is 1.89 bits per heavy atom. The van der Waals surface area contributed by atoms with Gasteiger partial charge in [-0.1, -0.05) is 29.8 Å². The second-order valence-corrected chi connectivity index (χ2v) is 7.20. The van der Waals surface area contributed by atoms with Crippen molar-refractivity contribution in [1.29, 1.82) is 0 Å². The number of fused-ring (bicyclic) bond motifs is 1. The van der Waals surface area contributed by atoms with E-state index in [9.17, 15) is 14.4 Å². The van der Waals surface area contributed by atoms with Crippen LogP contribution in [0.5, 0.6) is 5.75 Å². The number of imide groups is 1. The van der Waals surface area contributed by atoms with E-state index in [1.807, 2.05) is 0 Å². The van der Waals surface area contributed by atoms with Crippen LogP contribution < -0.4 is 9.64 Å². The Hall–Kier alpha value is -2.86. The smallest absolute Gasteiger partial charge is 0.311 e. The van der Waals surface area contributed by atoms with E-state index in [-0.39, 0.29) is 6.61 Å². The molecule has 6 nitrogen and oxygen atoms in total. The first-order valence-corrected chi connectivity index (χ1v) is 9.29. The van der Waals surface area contributed by atoms with Crippen molar-refractivity contribution in [2.45, 2.75) is 12.3 Å². The quantitative estimate of drug-likeness (QED) is 0.571. The van der Waals surface area contributed by atoms with Crippen molar-refractivity contribution in [2.24, 2.45) is 11.8 Å². The first-order chi connectivity index (χ1) is 13.5. The molecule has 3 atom stereocenters. The molecular formula is C21H18ClNO5. The Balaban J connectivity index is 1.80. The molecule has 0 N–H and O–H groups in total. The predicted octanol–water partition coefficient (Wildman–Crippen LogP) is 2.97. The molecule has 2 fully saturated rings. The SMILES string of the molecule is CCOC(=O)[C@@H]1[C@@H]2C(=O)N(c3cccc(OC)c3)C(=O)[C@]12c1ccc(Cl)cc1. The molecule has 1 heterocycles. The van der Waals surface area contributed by atoms with Crippen LogP contribution in [-0.4, -0.2) is 31.5 Å². The van der Waals surface area contributed by atoms with Gasteiger partial charge in [0.2, 0.25) is 11.8 Å². The molecule has 1 saturated carbocycles. The monoisotopic (exact) mass is 399 g/mol. The summed E-state index contributed by atoms with van der Waals surface area (Å²) in [5, 5.41) is 0.506. The third-order valence-corrected chi connectivity index (χ3v) is 5.67. The molecule has 1 aliphatic carbocycles. The minimum atomic E-state index is -1.25. The van der Waals surface area contributed by atoms with Gasteiger partial charge in [0.1, 0.15) is 11.2 Å². The van der Waals surface area contributed by atoms with Crippen LogP contribution in [0.2, 0.25) is 5.02 Å². The molecule has 0 unspecified atom stereocenters. The van der Waals surface area contributed by atoms with Gasteiger partial charge in [0.25, 0.3) is 0 Å². The average Bonchev–Trinajstić information content (AvgIpc) is 3.34. The number of carbonyl (C=O) groups excluding carboxylic acids is 3. The summed E-state index contributed by atoms with van der Waals surface area (Å²) in [7, 11) is 1.51. The summed E-state index contributed by atoms with van der Waals surface area (Å²) in [6, 6.07) is 13.4. The maximum Gasteiger partial charge on any atom is 0.311 e. The molecule has 28 heavy (non-hydrogen) atoms. The van der Waals surface area contributed by atoms with Crippen molar-refractivity contribution in [3.8, 4) is 5.75 Å². The van der Waals surface area contributed by atoms with Gasteiger partial charge in [-0.25, -0.2) is 4.90 Å². The van der Waals surface area contributed by atoms with Crippen LogP contribution in [0.1, 0.15) is 12.5 Å². The summed E-state index contributed by atoms with van der Waals surface area (Å²) in [4.78, 5) is 40.3. The number of halogens is 1. The zero-order chi connectivity index (χ0) is 20.1. The van der Waals surface area contributed by atoms with Crippen molar-refractivity contribution < 1.29 is 23.9 Å². The molecule has 0 radical (unpaired) electrons. The van der Waals surface area contributed by atoms with E-state index < -0.39 is 35.0 Å². The summed E-state index contributed by atoms with van der Waals surface area (Å²) in [5.74, 6) is -2.46. The second-order valence-electron chi connectivity index (χ2n) is 6.76. The van der Waals surface area contributed by atoms with Crippen LogP contribution in [-0.2, 0) is 24.5 Å². The van der Waals surface area contributed by atoms with Crippen LogP contribution >= 0.6 is 11.6 Å². The summed E-state index contributed by atoms with van der Waals surface area (Å²) in [6.07, 6.45) is 0. The molecule has 1 aliphatic heterocycles. The van der Waals surface area contributed by atoms with Crippen LogP contribution in [0.15, 0.2) is 48.5 Å². The van der Waals surface area contributed by atoms with Gasteiger partial charge in [-0.05, 0) is 36.8 Å². The highest BCUT2D eigenvalue weighted by molar-refractivity contribution is 6.32. The highest BCUT2D eigenvalue weighted by atomic mass is 35.5. The standard InChI is InChI=1S/C21H18ClNO5/c1-3-28-19(25)17-16-18(24)23(14-5-4-6-15(11-14)27-2)20(26)21(16,17)12-7-9-13(22)10-8-12/h4-11,16-17H,3H2,1-2H3/t16-,17+,21+/m1/s1. The molecule has 2 aromatic carbocycles. The first-order valence-electron chi connectivity index (χ1n) is 8.92. The molecule has 0 spiro atoms. The van der Waals surface area contributed by atoms with Gasteiger partial charge in [0, 0.05) is 11.1 Å². The topological polar surface area (TPSA) is 72.9 Å². The number of methoxy groups -OCH3 is 1. The maximum absolute atomic E-state index is 13.5. The number of nitrogens with zero attached hydrogens (tertiary/aromatic N) is 1. The second kappa shape index (κ2) is 6.63. The van der Waals surface area contributed by atoms with E-state index in [0.717, 1.165) is 4.90 Å². The zero-order valence-electron chi connectivity index (χ0n) is 15.3. The molecule has 2 aromatic rings. The van der Waals surface area contributed by atoms with Crippen molar-refractivity contribution in [3.63, 3.8) is 0 Å². The van der Waals surface area contributed by atoms with Crippen molar-refractivity contribution in [3.05, 3.63) is 59.1 Å². The van der Waals surface area contributed by atoms with E-state index in [2.05, 4.69) is 0 Å². The lowest BCUT2D eigenvalue weighted by Gasteiger charge is -2.22. The first kappa shape index (κ1) is 18.5. The van der Waals surface area contributed by atoms with Crippen molar-refractivity contribution in [1.82, 2.24) is 0 Å². The lowest BCUT2D eigenvalue weighted by molar-refractivity contribution is -0.147. The Labute approximate surface area is 167 Å². The summed E-state index contributed by atoms with van der Waals surface area (Å²) in [6.45, 7) is 1.87. The Morgan fingerprint density at radius 3 is 2.54 bits per heavy atom. The molecule has 0 bridgehead atoms. The van der Waals surface area contributed by atoms with Gasteiger partial charge in [-0.15, -0.1) is 0 Å². The number of hydrogen-bond acceptors (Lipinski definition) is 5. The molecule has 144 valence electrons. The van der Waals surface area contributed by atoms with Crippen molar-refractivity contribution >= 4 is 35.1 Å². The molecule has 0 aromatic heterocycles. The zero-order valence-corrected chi connectivity index (χ0v) is 16.1. The molecular weight excluding hydrogens is 382 g/mol. The van der Waals surface area contributed by atoms with Gasteiger partial charge in [-0.3, -0.25) is 14.4 Å². The number of esters is 1. The number of benzene rings is 2. The minimum absolute atomic E-state index is 0.181. The molecule has 2 amide bonds. The lowest BCUT2D eigenvalue weighted by Crippen LogP contribution is -2.40. The van der Waals surface area contributed by atoms with E-state index >= 15 is 0 Å². The third-order valence-electron chi connectivity index (χ3n) is 5.42. The molecule has 4 rings (SSSR count). The van der Waals surface area contributed by atoms with E-state index in [0.29, 0.717) is 22.0 Å². The predicted molar refractivity (Wildman–Crippen MR) is 102 cm³/mol. The number of piperidine rings is 1. The van der Waals surface area contributed by atoms with Crippen molar-refractivity contribution in [2.75, 3.05) is 18.6 Å². The van der Waals surface area contributed by atoms with Gasteiger partial charge in [-0.2, -0.15) is 0 Å². The van der Waals surface area contributed by atoms with E-state index in [4.69, 9.17) is 21.1 Å².